The fourth-order valence-electron chi connectivity index (χ4n) is 1.79. The topological polar surface area (TPSA) is 21.3 Å². The van der Waals surface area contributed by atoms with Crippen LogP contribution in [-0.2, 0) is 0 Å². The molecule has 0 bridgehead atoms. The molecule has 1 rings (SSSR count). The maximum atomic E-state index is 6.02. The molecule has 1 N–H and O–H groups in total. The predicted molar refractivity (Wildman–Crippen MR) is 86.1 cm³/mol. The van der Waals surface area contributed by atoms with E-state index < -0.39 is 0 Å². The molecule has 4 heteroatoms. The molecule has 19 heavy (non-hydrogen) atoms. The largest absolute Gasteiger partial charge is 0.496 e. The van der Waals surface area contributed by atoms with Gasteiger partial charge in [0.25, 0.3) is 0 Å². The highest BCUT2D eigenvalue weighted by Gasteiger charge is 2.19. The van der Waals surface area contributed by atoms with Gasteiger partial charge in [0.1, 0.15) is 5.75 Å². The highest BCUT2D eigenvalue weighted by atomic mass is 35.5. The number of hydrogen-bond acceptors (Lipinski definition) is 3. The molecule has 1 aromatic carbocycles. The second-order valence-electron chi connectivity index (χ2n) is 5.56. The van der Waals surface area contributed by atoms with Gasteiger partial charge in [0.05, 0.1) is 7.11 Å². The van der Waals surface area contributed by atoms with Crippen LogP contribution in [0.4, 0.5) is 0 Å². The van der Waals surface area contributed by atoms with Crippen LogP contribution in [-0.4, -0.2) is 11.9 Å². The summed E-state index contributed by atoms with van der Waals surface area (Å²) in [7, 11) is 1.69. The summed E-state index contributed by atoms with van der Waals surface area (Å²) in [5.74, 6) is 0.855. The zero-order valence-electron chi connectivity index (χ0n) is 12.4. The summed E-state index contributed by atoms with van der Waals surface area (Å²) in [5, 5.41) is 0.708. The van der Waals surface area contributed by atoms with Gasteiger partial charge in [0.2, 0.25) is 0 Å². The number of rotatable bonds is 6. The van der Waals surface area contributed by atoms with Crippen molar-refractivity contribution >= 4 is 23.5 Å². The monoisotopic (exact) mass is 301 g/mol. The number of benzene rings is 1. The van der Waals surface area contributed by atoms with E-state index in [0.717, 1.165) is 18.6 Å². The summed E-state index contributed by atoms with van der Waals surface area (Å²) in [6.45, 7) is 8.80. The second-order valence-corrected chi connectivity index (χ2v) is 7.66. The molecule has 0 aliphatic heterocycles. The van der Waals surface area contributed by atoms with Crippen LogP contribution in [0.3, 0.4) is 0 Å². The summed E-state index contributed by atoms with van der Waals surface area (Å²) in [5.41, 5.74) is 1.17. The van der Waals surface area contributed by atoms with E-state index in [4.69, 9.17) is 16.3 Å². The molecule has 0 radical (unpaired) electrons. The van der Waals surface area contributed by atoms with E-state index in [1.807, 2.05) is 12.1 Å². The molecule has 108 valence electrons. The van der Waals surface area contributed by atoms with E-state index in [0.29, 0.717) is 5.02 Å². The third-order valence-corrected chi connectivity index (χ3v) is 3.91. The first-order valence-electron chi connectivity index (χ1n) is 6.64. The smallest absolute Gasteiger partial charge is 0.125 e. The van der Waals surface area contributed by atoms with E-state index in [2.05, 4.69) is 38.5 Å². The SMILES string of the molecule is CCCC(NSC(C)(C)C)c1ccc(Cl)cc1OC. The maximum absolute atomic E-state index is 6.02. The average molecular weight is 302 g/mol. The molecular formula is C15H24ClNOS. The van der Waals surface area contributed by atoms with E-state index in [1.165, 1.54) is 5.56 Å². The Bertz CT molecular complexity index is 404. The Morgan fingerprint density at radius 3 is 2.58 bits per heavy atom. The average Bonchev–Trinajstić information content (AvgIpc) is 2.33. The molecule has 0 saturated heterocycles. The van der Waals surface area contributed by atoms with Crippen LogP contribution in [0.5, 0.6) is 5.75 Å². The van der Waals surface area contributed by atoms with Gasteiger partial charge in [-0.25, -0.2) is 0 Å². The van der Waals surface area contributed by atoms with Crippen LogP contribution in [0.25, 0.3) is 0 Å². The standard InChI is InChI=1S/C15H24ClNOS/c1-6-7-13(17-19-15(2,3)4)12-9-8-11(16)10-14(12)18-5/h8-10,13,17H,6-7H2,1-5H3. The molecule has 2 nitrogen and oxygen atoms in total. The first kappa shape index (κ1) is 16.7. The number of methoxy groups -OCH3 is 1. The van der Waals surface area contributed by atoms with Crippen molar-refractivity contribution in [2.75, 3.05) is 7.11 Å². The molecule has 0 aromatic heterocycles. The lowest BCUT2D eigenvalue weighted by molar-refractivity contribution is 0.402. The Morgan fingerprint density at radius 1 is 1.37 bits per heavy atom. The molecule has 0 spiro atoms. The first-order valence-corrected chi connectivity index (χ1v) is 7.83. The minimum Gasteiger partial charge on any atom is -0.496 e. The van der Waals surface area contributed by atoms with Crippen molar-refractivity contribution < 1.29 is 4.74 Å². The summed E-state index contributed by atoms with van der Waals surface area (Å²) in [4.78, 5) is 0. The van der Waals surface area contributed by atoms with Gasteiger partial charge in [-0.2, -0.15) is 0 Å². The van der Waals surface area contributed by atoms with Gasteiger partial charge in [0, 0.05) is 21.4 Å². The van der Waals surface area contributed by atoms with Crippen LogP contribution in [0.2, 0.25) is 5.02 Å². The Morgan fingerprint density at radius 2 is 2.05 bits per heavy atom. The van der Waals surface area contributed by atoms with Crippen LogP contribution < -0.4 is 9.46 Å². The maximum Gasteiger partial charge on any atom is 0.125 e. The minimum atomic E-state index is 0.186. The molecule has 0 aliphatic rings. The van der Waals surface area contributed by atoms with Crippen molar-refractivity contribution in [1.82, 2.24) is 4.72 Å². The molecule has 0 heterocycles. The fourth-order valence-corrected chi connectivity index (χ4v) is 2.69. The lowest BCUT2D eigenvalue weighted by Crippen LogP contribution is -2.22. The second kappa shape index (κ2) is 7.41. The lowest BCUT2D eigenvalue weighted by atomic mass is 10.0. The van der Waals surface area contributed by atoms with Gasteiger partial charge in [-0.15, -0.1) is 0 Å². The number of ether oxygens (including phenoxy) is 1. The molecule has 1 atom stereocenters. The van der Waals surface area contributed by atoms with Gasteiger partial charge in [-0.3, -0.25) is 4.72 Å². The van der Waals surface area contributed by atoms with Crippen molar-refractivity contribution in [3.05, 3.63) is 28.8 Å². The van der Waals surface area contributed by atoms with Crippen LogP contribution in [0.1, 0.15) is 52.1 Å². The van der Waals surface area contributed by atoms with E-state index in [-0.39, 0.29) is 10.8 Å². The molecule has 0 amide bonds. The van der Waals surface area contributed by atoms with Gasteiger partial charge in [-0.05, 0) is 39.3 Å². The Labute approximate surface area is 126 Å². The number of halogens is 1. The minimum absolute atomic E-state index is 0.186. The van der Waals surface area contributed by atoms with Crippen LogP contribution >= 0.6 is 23.5 Å². The van der Waals surface area contributed by atoms with Gasteiger partial charge in [0.15, 0.2) is 0 Å². The molecular weight excluding hydrogens is 278 g/mol. The highest BCUT2D eigenvalue weighted by molar-refractivity contribution is 7.98. The van der Waals surface area contributed by atoms with Gasteiger partial charge in [-0.1, -0.05) is 43.0 Å². The van der Waals surface area contributed by atoms with Crippen LogP contribution in [0, 0.1) is 0 Å². The Hall–Kier alpha value is -0.380. The highest BCUT2D eigenvalue weighted by Crippen LogP contribution is 2.33. The number of hydrogen-bond donors (Lipinski definition) is 1. The van der Waals surface area contributed by atoms with Gasteiger partial charge >= 0.3 is 0 Å². The molecule has 0 fully saturated rings. The summed E-state index contributed by atoms with van der Waals surface area (Å²) >= 11 is 7.78. The predicted octanol–water partition coefficient (Wildman–Crippen LogP) is 5.23. The van der Waals surface area contributed by atoms with Crippen molar-refractivity contribution in [2.45, 2.75) is 51.3 Å². The third kappa shape index (κ3) is 5.64. The fraction of sp³-hybridized carbons (Fsp3) is 0.600. The summed E-state index contributed by atoms with van der Waals surface area (Å²) in [6.07, 6.45) is 2.19. The van der Waals surface area contributed by atoms with Gasteiger partial charge < -0.3 is 4.74 Å². The third-order valence-electron chi connectivity index (χ3n) is 2.66. The van der Waals surface area contributed by atoms with E-state index in [9.17, 15) is 0 Å². The molecule has 1 unspecified atom stereocenters. The zero-order valence-corrected chi connectivity index (χ0v) is 14.0. The molecule has 1 aromatic rings. The van der Waals surface area contributed by atoms with E-state index >= 15 is 0 Å². The Balaban J connectivity index is 2.91. The quantitative estimate of drug-likeness (QED) is 0.727. The normalized spacial score (nSPS) is 13.4. The van der Waals surface area contributed by atoms with Crippen molar-refractivity contribution in [3.63, 3.8) is 0 Å². The molecule has 0 saturated carbocycles. The summed E-state index contributed by atoms with van der Waals surface area (Å²) < 4.78 is 9.20. The van der Waals surface area contributed by atoms with Crippen molar-refractivity contribution in [3.8, 4) is 5.75 Å². The molecule has 0 aliphatic carbocycles. The summed E-state index contributed by atoms with van der Waals surface area (Å²) in [6, 6.07) is 6.13. The van der Waals surface area contributed by atoms with Crippen molar-refractivity contribution in [1.29, 1.82) is 0 Å². The first-order chi connectivity index (χ1) is 8.87. The zero-order chi connectivity index (χ0) is 14.5. The van der Waals surface area contributed by atoms with Crippen molar-refractivity contribution in [2.24, 2.45) is 0 Å². The Kier molecular flexibility index (Phi) is 6.51. The van der Waals surface area contributed by atoms with E-state index in [1.54, 1.807) is 19.1 Å². The number of nitrogens with one attached hydrogen (secondary N) is 1. The lowest BCUT2D eigenvalue weighted by Gasteiger charge is -2.25. The van der Waals surface area contributed by atoms with Crippen LogP contribution in [0.15, 0.2) is 18.2 Å².